The van der Waals surface area contributed by atoms with Crippen molar-refractivity contribution in [1.82, 2.24) is 0 Å². The van der Waals surface area contributed by atoms with E-state index >= 15 is 0 Å². The van der Waals surface area contributed by atoms with Gasteiger partial charge in [-0.05, 0) is 79.9 Å². The smallest absolute Gasteiger partial charge is 0.00135 e. The van der Waals surface area contributed by atoms with E-state index in [1.54, 1.807) is 16.7 Å². The van der Waals surface area contributed by atoms with Gasteiger partial charge in [0.1, 0.15) is 0 Å². The average molecular weight is 355 g/mol. The molecule has 0 aromatic heterocycles. The molecule has 0 spiro atoms. The molecule has 2 saturated carbocycles. The second kappa shape index (κ2) is 9.43. The van der Waals surface area contributed by atoms with Gasteiger partial charge in [0, 0.05) is 0 Å². The van der Waals surface area contributed by atoms with E-state index in [-0.39, 0.29) is 0 Å². The van der Waals surface area contributed by atoms with E-state index in [9.17, 15) is 0 Å². The standard InChI is InChI=1S/C26H42/c1-4-19-26(24-16-9-6-10-17-24,20-18-23-14-7-5-8-15-23)25-21(2)12-11-13-22(25)3/h11-13,23-24H,4-10,14-20H2,1-3H3. The fourth-order valence-corrected chi connectivity index (χ4v) is 6.63. The van der Waals surface area contributed by atoms with Crippen molar-refractivity contribution in [2.75, 3.05) is 0 Å². The Labute approximate surface area is 163 Å². The zero-order chi connectivity index (χ0) is 18.4. The molecule has 1 aromatic carbocycles. The first-order valence-electron chi connectivity index (χ1n) is 11.7. The lowest BCUT2D eigenvalue weighted by Crippen LogP contribution is -2.38. The quantitative estimate of drug-likeness (QED) is 0.462. The molecule has 146 valence electrons. The van der Waals surface area contributed by atoms with Crippen molar-refractivity contribution in [2.24, 2.45) is 11.8 Å². The third kappa shape index (κ3) is 4.37. The van der Waals surface area contributed by atoms with Crippen molar-refractivity contribution in [3.63, 3.8) is 0 Å². The van der Waals surface area contributed by atoms with Gasteiger partial charge in [0.25, 0.3) is 0 Å². The highest BCUT2D eigenvalue weighted by atomic mass is 14.5. The van der Waals surface area contributed by atoms with Crippen LogP contribution in [-0.4, -0.2) is 0 Å². The number of hydrogen-bond acceptors (Lipinski definition) is 0. The summed E-state index contributed by atoms with van der Waals surface area (Å²) in [5.41, 5.74) is 5.33. The number of hydrogen-bond donors (Lipinski definition) is 0. The fourth-order valence-electron chi connectivity index (χ4n) is 6.63. The summed E-state index contributed by atoms with van der Waals surface area (Å²) in [6, 6.07) is 7.04. The van der Waals surface area contributed by atoms with Crippen molar-refractivity contribution in [1.29, 1.82) is 0 Å². The summed E-state index contributed by atoms with van der Waals surface area (Å²) in [7, 11) is 0. The van der Waals surface area contributed by atoms with Gasteiger partial charge in [-0.15, -0.1) is 0 Å². The minimum atomic E-state index is 0.446. The lowest BCUT2D eigenvalue weighted by molar-refractivity contribution is 0.156. The second-order valence-electron chi connectivity index (χ2n) is 9.55. The maximum absolute atomic E-state index is 2.42. The van der Waals surface area contributed by atoms with Crippen LogP contribution in [0, 0.1) is 25.7 Å². The zero-order valence-corrected chi connectivity index (χ0v) is 17.8. The Hall–Kier alpha value is -0.780. The van der Waals surface area contributed by atoms with Crippen LogP contribution >= 0.6 is 0 Å². The number of benzene rings is 1. The molecule has 0 heterocycles. The topological polar surface area (TPSA) is 0 Å². The molecule has 0 bridgehead atoms. The molecule has 0 N–H and O–H groups in total. The molecule has 1 atom stereocenters. The molecule has 0 radical (unpaired) electrons. The van der Waals surface area contributed by atoms with Gasteiger partial charge in [-0.3, -0.25) is 0 Å². The molecule has 2 fully saturated rings. The maximum Gasteiger partial charge on any atom is -0.00135 e. The zero-order valence-electron chi connectivity index (χ0n) is 17.8. The van der Waals surface area contributed by atoms with Crippen LogP contribution in [0.2, 0.25) is 0 Å². The van der Waals surface area contributed by atoms with Gasteiger partial charge in [0.05, 0.1) is 0 Å². The Kier molecular flexibility index (Phi) is 7.24. The van der Waals surface area contributed by atoms with Crippen molar-refractivity contribution in [2.45, 2.75) is 116 Å². The lowest BCUT2D eigenvalue weighted by atomic mass is 9.58. The van der Waals surface area contributed by atoms with E-state index in [2.05, 4.69) is 39.0 Å². The molecule has 0 amide bonds. The van der Waals surface area contributed by atoms with Crippen molar-refractivity contribution >= 4 is 0 Å². The molecule has 2 aliphatic rings. The molecule has 26 heavy (non-hydrogen) atoms. The van der Waals surface area contributed by atoms with Crippen LogP contribution < -0.4 is 0 Å². The van der Waals surface area contributed by atoms with Crippen molar-refractivity contribution in [3.05, 3.63) is 34.9 Å². The second-order valence-corrected chi connectivity index (χ2v) is 9.55. The number of aryl methyl sites for hydroxylation is 2. The highest BCUT2D eigenvalue weighted by Gasteiger charge is 2.41. The third-order valence-electron chi connectivity index (χ3n) is 7.79. The Morgan fingerprint density at radius 1 is 0.808 bits per heavy atom. The first kappa shape index (κ1) is 20.0. The highest BCUT2D eigenvalue weighted by molar-refractivity contribution is 5.41. The number of rotatable bonds is 7. The molecule has 0 saturated heterocycles. The summed E-state index contributed by atoms with van der Waals surface area (Å²) < 4.78 is 0. The van der Waals surface area contributed by atoms with E-state index in [4.69, 9.17) is 0 Å². The molecule has 0 nitrogen and oxygen atoms in total. The molecule has 0 aliphatic heterocycles. The summed E-state index contributed by atoms with van der Waals surface area (Å²) in [4.78, 5) is 0. The van der Waals surface area contributed by atoms with E-state index in [0.29, 0.717) is 5.41 Å². The molecule has 1 aromatic rings. The van der Waals surface area contributed by atoms with Gasteiger partial charge in [0.2, 0.25) is 0 Å². The first-order valence-corrected chi connectivity index (χ1v) is 11.7. The highest BCUT2D eigenvalue weighted by Crippen LogP contribution is 2.50. The van der Waals surface area contributed by atoms with E-state index in [1.165, 1.54) is 89.9 Å². The van der Waals surface area contributed by atoms with Gasteiger partial charge in [-0.1, -0.05) is 82.9 Å². The monoisotopic (exact) mass is 354 g/mol. The van der Waals surface area contributed by atoms with Gasteiger partial charge in [0.15, 0.2) is 0 Å². The Morgan fingerprint density at radius 2 is 1.38 bits per heavy atom. The average Bonchev–Trinajstić information content (AvgIpc) is 2.67. The predicted octanol–water partition coefficient (Wildman–Crippen LogP) is 8.28. The van der Waals surface area contributed by atoms with Crippen molar-refractivity contribution in [3.8, 4) is 0 Å². The van der Waals surface area contributed by atoms with Gasteiger partial charge < -0.3 is 0 Å². The molecule has 3 rings (SSSR count). The van der Waals surface area contributed by atoms with Gasteiger partial charge >= 0.3 is 0 Å². The van der Waals surface area contributed by atoms with E-state index in [1.807, 2.05) is 0 Å². The van der Waals surface area contributed by atoms with Crippen LogP contribution in [0.4, 0.5) is 0 Å². The normalized spacial score (nSPS) is 22.3. The van der Waals surface area contributed by atoms with Crippen LogP contribution in [0.15, 0.2) is 18.2 Å². The lowest BCUT2D eigenvalue weighted by Gasteiger charge is -2.46. The molecular weight excluding hydrogens is 312 g/mol. The summed E-state index contributed by atoms with van der Waals surface area (Å²) in [5.74, 6) is 1.92. The summed E-state index contributed by atoms with van der Waals surface area (Å²) >= 11 is 0. The molecule has 2 aliphatic carbocycles. The fraction of sp³-hybridized carbons (Fsp3) is 0.769. The summed E-state index contributed by atoms with van der Waals surface area (Å²) in [6.07, 6.45) is 20.4. The van der Waals surface area contributed by atoms with Crippen LogP contribution in [-0.2, 0) is 5.41 Å². The molecule has 1 unspecified atom stereocenters. The Balaban J connectivity index is 1.94. The van der Waals surface area contributed by atoms with Crippen LogP contribution in [0.1, 0.15) is 114 Å². The minimum absolute atomic E-state index is 0.446. The first-order chi connectivity index (χ1) is 12.7. The van der Waals surface area contributed by atoms with Gasteiger partial charge in [-0.25, -0.2) is 0 Å². The van der Waals surface area contributed by atoms with E-state index < -0.39 is 0 Å². The predicted molar refractivity (Wildman–Crippen MR) is 115 cm³/mol. The Bertz CT molecular complexity index is 525. The molecular formula is C26H42. The SMILES string of the molecule is CCCC(CCC1CCCCC1)(c1c(C)cccc1C)C1CCCCC1. The van der Waals surface area contributed by atoms with E-state index in [0.717, 1.165) is 11.8 Å². The maximum atomic E-state index is 2.42. The minimum Gasteiger partial charge on any atom is -0.0654 e. The van der Waals surface area contributed by atoms with Crippen LogP contribution in [0.5, 0.6) is 0 Å². The van der Waals surface area contributed by atoms with Crippen LogP contribution in [0.25, 0.3) is 0 Å². The van der Waals surface area contributed by atoms with Gasteiger partial charge in [-0.2, -0.15) is 0 Å². The largest absolute Gasteiger partial charge is 0.0654 e. The Morgan fingerprint density at radius 3 is 1.96 bits per heavy atom. The summed E-state index contributed by atoms with van der Waals surface area (Å²) in [6.45, 7) is 7.19. The molecule has 0 heteroatoms. The van der Waals surface area contributed by atoms with Crippen LogP contribution in [0.3, 0.4) is 0 Å². The van der Waals surface area contributed by atoms with Crippen molar-refractivity contribution < 1.29 is 0 Å². The third-order valence-corrected chi connectivity index (χ3v) is 7.79. The summed E-state index contributed by atoms with van der Waals surface area (Å²) in [5, 5.41) is 0.